The number of aromatic nitrogens is 1. The Balaban J connectivity index is 1.51. The molecule has 122 valence electrons. The van der Waals surface area contributed by atoms with E-state index in [0.29, 0.717) is 10.6 Å². The molecule has 0 N–H and O–H groups in total. The van der Waals surface area contributed by atoms with E-state index in [4.69, 9.17) is 4.84 Å². The summed E-state index contributed by atoms with van der Waals surface area (Å²) >= 11 is 0. The van der Waals surface area contributed by atoms with Crippen molar-refractivity contribution in [2.45, 2.75) is 6.42 Å². The number of hydrogen-bond acceptors (Lipinski definition) is 5. The van der Waals surface area contributed by atoms with E-state index < -0.39 is 17.8 Å². The number of fused-ring (bicyclic) bond motifs is 2. The van der Waals surface area contributed by atoms with E-state index in [1.54, 1.807) is 30.5 Å². The molecule has 6 nitrogen and oxygen atoms in total. The van der Waals surface area contributed by atoms with Crippen molar-refractivity contribution in [3.8, 4) is 0 Å². The molecule has 1 aliphatic heterocycles. The van der Waals surface area contributed by atoms with Crippen molar-refractivity contribution in [1.82, 2.24) is 10.0 Å². The molecule has 0 unspecified atom stereocenters. The van der Waals surface area contributed by atoms with Gasteiger partial charge in [0, 0.05) is 11.6 Å². The normalized spacial score (nSPS) is 13.2. The van der Waals surface area contributed by atoms with Crippen LogP contribution in [-0.4, -0.2) is 27.8 Å². The quantitative estimate of drug-likeness (QED) is 0.689. The average Bonchev–Trinajstić information content (AvgIpc) is 2.87. The predicted octanol–water partition coefficient (Wildman–Crippen LogP) is 2.53. The van der Waals surface area contributed by atoms with Gasteiger partial charge in [-0.05, 0) is 35.9 Å². The Hall–Kier alpha value is -3.54. The second kappa shape index (κ2) is 5.83. The molecule has 0 saturated heterocycles. The molecular weight excluding hydrogens is 320 g/mol. The third-order valence-corrected chi connectivity index (χ3v) is 3.97. The monoisotopic (exact) mass is 332 g/mol. The smallest absolute Gasteiger partial charge is 0.329 e. The largest absolute Gasteiger partial charge is 0.337 e. The zero-order chi connectivity index (χ0) is 17.4. The molecule has 0 fully saturated rings. The lowest BCUT2D eigenvalue weighted by molar-refractivity contribution is -0.167. The number of carbonyl (C=O) groups excluding carboxylic acids is 3. The van der Waals surface area contributed by atoms with Crippen molar-refractivity contribution in [3.63, 3.8) is 0 Å². The van der Waals surface area contributed by atoms with Gasteiger partial charge in [0.25, 0.3) is 11.8 Å². The summed E-state index contributed by atoms with van der Waals surface area (Å²) < 4.78 is 0. The summed E-state index contributed by atoms with van der Waals surface area (Å²) in [6, 6.07) is 15.5. The van der Waals surface area contributed by atoms with Gasteiger partial charge >= 0.3 is 5.97 Å². The predicted molar refractivity (Wildman–Crippen MR) is 88.5 cm³/mol. The van der Waals surface area contributed by atoms with Crippen LogP contribution < -0.4 is 0 Å². The number of carbonyl (C=O) groups is 3. The van der Waals surface area contributed by atoms with E-state index in [2.05, 4.69) is 4.98 Å². The summed E-state index contributed by atoms with van der Waals surface area (Å²) in [7, 11) is 0. The first kappa shape index (κ1) is 15.0. The number of hydroxylamine groups is 2. The van der Waals surface area contributed by atoms with Crippen LogP contribution in [0.15, 0.2) is 60.8 Å². The highest BCUT2D eigenvalue weighted by atomic mass is 16.7. The molecule has 6 heteroatoms. The van der Waals surface area contributed by atoms with Gasteiger partial charge in [0.1, 0.15) is 0 Å². The molecule has 2 amide bonds. The summed E-state index contributed by atoms with van der Waals surface area (Å²) in [5.41, 5.74) is 2.00. The summed E-state index contributed by atoms with van der Waals surface area (Å²) in [5.74, 6) is -1.94. The molecule has 2 aromatic carbocycles. The van der Waals surface area contributed by atoms with Crippen molar-refractivity contribution in [1.29, 1.82) is 0 Å². The van der Waals surface area contributed by atoms with E-state index in [1.807, 2.05) is 18.2 Å². The fraction of sp³-hybridized carbons (Fsp3) is 0.0526. The van der Waals surface area contributed by atoms with Crippen LogP contribution in [0.25, 0.3) is 10.9 Å². The number of benzene rings is 2. The summed E-state index contributed by atoms with van der Waals surface area (Å²) in [4.78, 5) is 45.8. The Morgan fingerprint density at radius 2 is 1.68 bits per heavy atom. The van der Waals surface area contributed by atoms with Gasteiger partial charge in [0.05, 0.1) is 23.1 Å². The van der Waals surface area contributed by atoms with Gasteiger partial charge in [-0.1, -0.05) is 29.3 Å². The van der Waals surface area contributed by atoms with E-state index in [-0.39, 0.29) is 17.5 Å². The standard InChI is InChI=1S/C19H12N2O4/c22-17(11-12-7-8-16-13(10-12)4-3-9-20-16)25-21-18(23)14-5-1-2-6-15(14)19(21)24/h1-10H,11H2. The van der Waals surface area contributed by atoms with Crippen LogP contribution in [0.3, 0.4) is 0 Å². The van der Waals surface area contributed by atoms with Gasteiger partial charge in [-0.25, -0.2) is 4.79 Å². The maximum atomic E-state index is 12.2. The van der Waals surface area contributed by atoms with Crippen LogP contribution >= 0.6 is 0 Å². The average molecular weight is 332 g/mol. The molecule has 0 bridgehead atoms. The minimum atomic E-state index is -0.683. The molecule has 4 rings (SSSR count). The van der Waals surface area contributed by atoms with Crippen LogP contribution in [-0.2, 0) is 16.1 Å². The molecule has 0 atom stereocenters. The van der Waals surface area contributed by atoms with Gasteiger partial charge in [0.2, 0.25) is 0 Å². The fourth-order valence-electron chi connectivity index (χ4n) is 2.79. The van der Waals surface area contributed by atoms with Crippen LogP contribution in [0.4, 0.5) is 0 Å². The van der Waals surface area contributed by atoms with Gasteiger partial charge in [-0.15, -0.1) is 0 Å². The van der Waals surface area contributed by atoms with Crippen molar-refractivity contribution in [2.24, 2.45) is 0 Å². The third kappa shape index (κ3) is 2.63. The zero-order valence-corrected chi connectivity index (χ0v) is 13.0. The molecule has 1 aliphatic rings. The first-order chi connectivity index (χ1) is 12.1. The lowest BCUT2D eigenvalue weighted by atomic mass is 10.1. The van der Waals surface area contributed by atoms with Gasteiger partial charge in [0.15, 0.2) is 0 Å². The second-order valence-electron chi connectivity index (χ2n) is 5.62. The summed E-state index contributed by atoms with van der Waals surface area (Å²) in [5, 5.41) is 1.42. The van der Waals surface area contributed by atoms with Crippen molar-refractivity contribution in [2.75, 3.05) is 0 Å². The maximum absolute atomic E-state index is 12.2. The molecule has 0 aliphatic carbocycles. The Labute approximate surface area is 142 Å². The molecule has 3 aromatic rings. The van der Waals surface area contributed by atoms with Crippen LogP contribution in [0, 0.1) is 0 Å². The lowest BCUT2D eigenvalue weighted by Gasteiger charge is -2.12. The number of rotatable bonds is 3. The SMILES string of the molecule is O=C(Cc1ccc2ncccc2c1)ON1C(=O)c2ccccc2C1=O. The number of pyridine rings is 1. The highest BCUT2D eigenvalue weighted by molar-refractivity contribution is 6.20. The van der Waals surface area contributed by atoms with Crippen molar-refractivity contribution >= 4 is 28.7 Å². The molecule has 0 spiro atoms. The molecule has 25 heavy (non-hydrogen) atoms. The number of hydrogen-bond donors (Lipinski definition) is 0. The van der Waals surface area contributed by atoms with Crippen LogP contribution in [0.5, 0.6) is 0 Å². The highest BCUT2D eigenvalue weighted by Gasteiger charge is 2.38. The number of amides is 2. The van der Waals surface area contributed by atoms with E-state index >= 15 is 0 Å². The zero-order valence-electron chi connectivity index (χ0n) is 13.0. The maximum Gasteiger partial charge on any atom is 0.337 e. The first-order valence-corrected chi connectivity index (χ1v) is 7.66. The number of imide groups is 1. The molecule has 2 heterocycles. The summed E-state index contributed by atoms with van der Waals surface area (Å²) in [6.07, 6.45) is 1.64. The molecule has 1 aromatic heterocycles. The van der Waals surface area contributed by atoms with Gasteiger partial charge < -0.3 is 4.84 Å². The van der Waals surface area contributed by atoms with E-state index in [9.17, 15) is 14.4 Å². The Morgan fingerprint density at radius 1 is 0.960 bits per heavy atom. The van der Waals surface area contributed by atoms with Crippen molar-refractivity contribution < 1.29 is 19.2 Å². The topological polar surface area (TPSA) is 76.6 Å². The lowest BCUT2D eigenvalue weighted by Crippen LogP contribution is -2.33. The molecule has 0 radical (unpaired) electrons. The highest BCUT2D eigenvalue weighted by Crippen LogP contribution is 2.23. The van der Waals surface area contributed by atoms with Crippen LogP contribution in [0.2, 0.25) is 0 Å². The minimum Gasteiger partial charge on any atom is -0.329 e. The Morgan fingerprint density at radius 3 is 2.40 bits per heavy atom. The molecule has 0 saturated carbocycles. The molecular formula is C19H12N2O4. The minimum absolute atomic E-state index is 0.0573. The second-order valence-corrected chi connectivity index (χ2v) is 5.62. The van der Waals surface area contributed by atoms with E-state index in [1.165, 1.54) is 12.1 Å². The Kier molecular flexibility index (Phi) is 3.50. The number of nitrogens with zero attached hydrogens (tertiary/aromatic N) is 2. The first-order valence-electron chi connectivity index (χ1n) is 7.66. The summed E-state index contributed by atoms with van der Waals surface area (Å²) in [6.45, 7) is 0. The van der Waals surface area contributed by atoms with E-state index in [0.717, 1.165) is 10.9 Å². The third-order valence-electron chi connectivity index (χ3n) is 3.97. The fourth-order valence-corrected chi connectivity index (χ4v) is 2.79. The van der Waals surface area contributed by atoms with Crippen molar-refractivity contribution in [3.05, 3.63) is 77.5 Å². The Bertz CT molecular complexity index is 994. The van der Waals surface area contributed by atoms with Crippen LogP contribution in [0.1, 0.15) is 26.3 Å². The van der Waals surface area contributed by atoms with Gasteiger partial charge in [-0.2, -0.15) is 0 Å². The van der Waals surface area contributed by atoms with Gasteiger partial charge in [-0.3, -0.25) is 14.6 Å².